The van der Waals surface area contributed by atoms with E-state index in [1.165, 1.54) is 25.1 Å². The molecule has 0 spiro atoms. The number of methoxy groups -OCH3 is 1. The lowest BCUT2D eigenvalue weighted by Crippen LogP contribution is -2.25. The molecule has 0 saturated carbocycles. The average molecular weight is 437 g/mol. The highest BCUT2D eigenvalue weighted by atomic mass is 32.2. The van der Waals surface area contributed by atoms with E-state index in [9.17, 15) is 4.79 Å². The molecule has 0 unspecified atom stereocenters. The number of nitrogens with zero attached hydrogens (tertiary/aromatic N) is 5. The second-order valence-corrected chi connectivity index (χ2v) is 7.66. The third-order valence-corrected chi connectivity index (χ3v) is 5.72. The van der Waals surface area contributed by atoms with Gasteiger partial charge in [-0.3, -0.25) is 10.1 Å². The molecule has 0 aliphatic rings. The van der Waals surface area contributed by atoms with Crippen LogP contribution in [-0.2, 0) is 4.79 Å². The maximum absolute atomic E-state index is 12.8. The van der Waals surface area contributed by atoms with Crippen molar-refractivity contribution in [2.75, 3.05) is 18.2 Å². The average Bonchev–Trinajstić information content (AvgIpc) is 3.22. The van der Waals surface area contributed by atoms with Gasteiger partial charge in [-0.05, 0) is 6.42 Å². The highest BCUT2D eigenvalue weighted by molar-refractivity contribution is 8.00. The minimum atomic E-state index is -0.462. The summed E-state index contributed by atoms with van der Waals surface area (Å²) in [6, 6.07) is 11.3. The molecule has 3 aromatic heterocycles. The lowest BCUT2D eigenvalue weighted by molar-refractivity contribution is -0.115. The molecule has 0 radical (unpaired) electrons. The fourth-order valence-electron chi connectivity index (χ4n) is 2.87. The number of hydrogen-bond donors (Lipinski definition) is 3. The first-order valence-corrected chi connectivity index (χ1v) is 10.4. The van der Waals surface area contributed by atoms with E-state index in [1.807, 2.05) is 37.3 Å². The van der Waals surface area contributed by atoms with E-state index in [2.05, 4.69) is 35.2 Å². The molecule has 1 amide bonds. The standard InChI is InChI=1S/C20H20N8O2S/c1-3-12(17(29)27-20-22-10-9-13(23-20)30-2)31-18-14-16(26-19(21)28-18)25-15(24-14)11-7-5-4-6-8-11/h4-10,12H,3H2,1-2H3,(H,22,23,27,29)(H3,21,24,25,26,28)/t12-/m0/s1. The molecule has 31 heavy (non-hydrogen) atoms. The number of carbonyl (C=O) groups is 1. The number of hydrogen-bond acceptors (Lipinski definition) is 9. The predicted molar refractivity (Wildman–Crippen MR) is 119 cm³/mol. The molecule has 4 N–H and O–H groups in total. The van der Waals surface area contributed by atoms with Crippen molar-refractivity contribution in [1.82, 2.24) is 29.9 Å². The number of carbonyl (C=O) groups excluding carboxylic acids is 1. The van der Waals surface area contributed by atoms with Gasteiger partial charge >= 0.3 is 0 Å². The number of aromatic amines is 1. The summed E-state index contributed by atoms with van der Waals surface area (Å²) in [4.78, 5) is 37.4. The normalized spacial score (nSPS) is 11.9. The van der Waals surface area contributed by atoms with E-state index in [-0.39, 0.29) is 17.8 Å². The summed E-state index contributed by atoms with van der Waals surface area (Å²) in [6.45, 7) is 1.91. The SMILES string of the molecule is CC[C@H](Sc1nc(N)nc2nc(-c3ccccc3)[nH]c12)C(=O)Nc1nccc(OC)n1. The smallest absolute Gasteiger partial charge is 0.240 e. The maximum Gasteiger partial charge on any atom is 0.240 e. The van der Waals surface area contributed by atoms with Crippen LogP contribution in [0.5, 0.6) is 5.88 Å². The number of anilines is 2. The molecule has 0 aliphatic heterocycles. The van der Waals surface area contributed by atoms with Gasteiger partial charge in [0.05, 0.1) is 12.4 Å². The number of aromatic nitrogens is 6. The number of ether oxygens (including phenoxy) is 1. The molecule has 10 nitrogen and oxygen atoms in total. The molecule has 158 valence electrons. The molecular weight excluding hydrogens is 416 g/mol. The van der Waals surface area contributed by atoms with Gasteiger partial charge in [0.25, 0.3) is 0 Å². The van der Waals surface area contributed by atoms with Gasteiger partial charge in [-0.2, -0.15) is 9.97 Å². The van der Waals surface area contributed by atoms with E-state index in [0.29, 0.717) is 34.3 Å². The number of imidazole rings is 1. The molecule has 0 aliphatic carbocycles. The summed E-state index contributed by atoms with van der Waals surface area (Å²) in [5, 5.41) is 2.80. The van der Waals surface area contributed by atoms with Gasteiger partial charge < -0.3 is 15.5 Å². The molecular formula is C20H20N8O2S. The fraction of sp³-hybridized carbons (Fsp3) is 0.200. The second-order valence-electron chi connectivity index (χ2n) is 6.46. The first kappa shape index (κ1) is 20.5. The van der Waals surface area contributed by atoms with Crippen molar-refractivity contribution in [3.05, 3.63) is 42.6 Å². The van der Waals surface area contributed by atoms with Crippen LogP contribution in [0.2, 0.25) is 0 Å². The van der Waals surface area contributed by atoms with E-state index in [4.69, 9.17) is 10.5 Å². The van der Waals surface area contributed by atoms with Crippen molar-refractivity contribution < 1.29 is 9.53 Å². The summed E-state index contributed by atoms with van der Waals surface area (Å²) < 4.78 is 5.07. The Hall–Kier alpha value is -3.73. The topological polar surface area (TPSA) is 145 Å². The van der Waals surface area contributed by atoms with Crippen molar-refractivity contribution in [2.45, 2.75) is 23.6 Å². The van der Waals surface area contributed by atoms with Gasteiger partial charge in [0.15, 0.2) is 5.65 Å². The van der Waals surface area contributed by atoms with Crippen molar-refractivity contribution >= 4 is 40.7 Å². The zero-order valence-corrected chi connectivity index (χ0v) is 17.7. The Morgan fingerprint density at radius 1 is 1.19 bits per heavy atom. The third kappa shape index (κ3) is 4.56. The van der Waals surface area contributed by atoms with Gasteiger partial charge in [0, 0.05) is 17.8 Å². The van der Waals surface area contributed by atoms with Crippen molar-refractivity contribution in [3.8, 4) is 17.3 Å². The Kier molecular flexibility index (Phi) is 5.94. The lowest BCUT2D eigenvalue weighted by Gasteiger charge is -2.14. The van der Waals surface area contributed by atoms with Crippen LogP contribution in [0, 0.1) is 0 Å². The summed E-state index contributed by atoms with van der Waals surface area (Å²) in [5.41, 5.74) is 7.88. The Bertz CT molecular complexity index is 1210. The quantitative estimate of drug-likeness (QED) is 0.294. The van der Waals surface area contributed by atoms with Crippen molar-refractivity contribution in [2.24, 2.45) is 0 Å². The van der Waals surface area contributed by atoms with Crippen LogP contribution in [-0.4, -0.2) is 48.2 Å². The molecule has 4 aromatic rings. The maximum atomic E-state index is 12.8. The van der Waals surface area contributed by atoms with Gasteiger partial charge in [-0.25, -0.2) is 15.0 Å². The number of benzene rings is 1. The van der Waals surface area contributed by atoms with E-state index >= 15 is 0 Å². The number of rotatable bonds is 7. The number of nitrogens with one attached hydrogen (secondary N) is 2. The Morgan fingerprint density at radius 3 is 2.74 bits per heavy atom. The van der Waals surface area contributed by atoms with E-state index in [0.717, 1.165) is 5.56 Å². The minimum Gasteiger partial charge on any atom is -0.481 e. The molecule has 1 atom stereocenters. The largest absolute Gasteiger partial charge is 0.481 e. The Labute approximate surface area is 182 Å². The number of thioether (sulfide) groups is 1. The molecule has 4 rings (SSSR count). The Morgan fingerprint density at radius 2 is 2.00 bits per heavy atom. The third-order valence-electron chi connectivity index (χ3n) is 4.37. The first-order chi connectivity index (χ1) is 15.1. The zero-order chi connectivity index (χ0) is 21.8. The van der Waals surface area contributed by atoms with Crippen LogP contribution in [0.25, 0.3) is 22.6 Å². The van der Waals surface area contributed by atoms with Gasteiger partial charge in [0.2, 0.25) is 23.7 Å². The number of amides is 1. The van der Waals surface area contributed by atoms with E-state index in [1.54, 1.807) is 6.07 Å². The highest BCUT2D eigenvalue weighted by Crippen LogP contribution is 2.31. The second kappa shape index (κ2) is 8.96. The Balaban J connectivity index is 1.61. The molecule has 11 heteroatoms. The summed E-state index contributed by atoms with van der Waals surface area (Å²) in [7, 11) is 1.50. The first-order valence-electron chi connectivity index (χ1n) is 9.50. The van der Waals surface area contributed by atoms with Crippen LogP contribution < -0.4 is 15.8 Å². The van der Waals surface area contributed by atoms with Gasteiger partial charge in [-0.15, -0.1) is 0 Å². The predicted octanol–water partition coefficient (Wildman–Crippen LogP) is 2.91. The molecule has 3 heterocycles. The van der Waals surface area contributed by atoms with Gasteiger partial charge in [0.1, 0.15) is 16.4 Å². The fourth-order valence-corrected chi connectivity index (χ4v) is 3.88. The summed E-state index contributed by atoms with van der Waals surface area (Å²) in [6.07, 6.45) is 2.06. The number of nitrogens with two attached hydrogens (primary N) is 1. The summed E-state index contributed by atoms with van der Waals surface area (Å²) in [5.74, 6) is 1.02. The van der Waals surface area contributed by atoms with Gasteiger partial charge in [-0.1, -0.05) is 49.0 Å². The number of nitrogen functional groups attached to an aromatic ring is 1. The highest BCUT2D eigenvalue weighted by Gasteiger charge is 2.23. The van der Waals surface area contributed by atoms with Crippen molar-refractivity contribution in [1.29, 1.82) is 0 Å². The van der Waals surface area contributed by atoms with Crippen LogP contribution in [0.1, 0.15) is 13.3 Å². The number of fused-ring (bicyclic) bond motifs is 1. The molecule has 0 bridgehead atoms. The molecule has 0 saturated heterocycles. The molecule has 1 aromatic carbocycles. The van der Waals surface area contributed by atoms with E-state index < -0.39 is 5.25 Å². The van der Waals surface area contributed by atoms with Crippen LogP contribution in [0.15, 0.2) is 47.6 Å². The van der Waals surface area contributed by atoms with Crippen LogP contribution >= 0.6 is 11.8 Å². The minimum absolute atomic E-state index is 0.0903. The molecule has 0 fully saturated rings. The summed E-state index contributed by atoms with van der Waals surface area (Å²) >= 11 is 1.28. The monoisotopic (exact) mass is 436 g/mol. The van der Waals surface area contributed by atoms with Crippen molar-refractivity contribution in [3.63, 3.8) is 0 Å². The lowest BCUT2D eigenvalue weighted by atomic mass is 10.2. The van der Waals surface area contributed by atoms with Crippen LogP contribution in [0.3, 0.4) is 0 Å². The van der Waals surface area contributed by atoms with Crippen LogP contribution in [0.4, 0.5) is 11.9 Å². The zero-order valence-electron chi connectivity index (χ0n) is 16.9. The number of H-pyrrole nitrogens is 1.